The lowest BCUT2D eigenvalue weighted by molar-refractivity contribution is 0.410. The Morgan fingerprint density at radius 2 is 1.88 bits per heavy atom. The molecule has 0 aromatic heterocycles. The number of hydrogen-bond donors (Lipinski definition) is 2. The summed E-state index contributed by atoms with van der Waals surface area (Å²) < 4.78 is 5.28. The maximum Gasteiger partial charge on any atom is 0.122 e. The van der Waals surface area contributed by atoms with Crippen LogP contribution in [0.25, 0.3) is 0 Å². The summed E-state index contributed by atoms with van der Waals surface area (Å²) in [7, 11) is 1.68. The first-order chi connectivity index (χ1) is 7.51. The molecular weight excluding hydrogens is 200 g/mol. The molecule has 1 aromatic rings. The topological polar surface area (TPSA) is 61.3 Å². The zero-order valence-corrected chi connectivity index (χ0v) is 10.6. The monoisotopic (exact) mass is 222 g/mol. The first-order valence-corrected chi connectivity index (χ1v) is 5.62. The lowest BCUT2D eigenvalue weighted by atomic mass is 9.91. The summed E-state index contributed by atoms with van der Waals surface area (Å²) in [5.74, 6) is 1.19. The second-order valence-electron chi connectivity index (χ2n) is 4.42. The second kappa shape index (κ2) is 5.32. The van der Waals surface area contributed by atoms with Crippen molar-refractivity contribution in [3.05, 3.63) is 28.8 Å². The van der Waals surface area contributed by atoms with Crippen molar-refractivity contribution in [1.82, 2.24) is 0 Å². The minimum absolute atomic E-state index is 0.00499. The summed E-state index contributed by atoms with van der Waals surface area (Å²) >= 11 is 0. The first-order valence-electron chi connectivity index (χ1n) is 5.62. The maximum absolute atomic E-state index is 6.19. The highest BCUT2D eigenvalue weighted by Gasteiger charge is 2.16. The second-order valence-corrected chi connectivity index (χ2v) is 4.42. The summed E-state index contributed by atoms with van der Waals surface area (Å²) in [5, 5.41) is 0. The molecule has 16 heavy (non-hydrogen) atoms. The van der Waals surface area contributed by atoms with E-state index >= 15 is 0 Å². The molecule has 1 rings (SSSR count). The molecule has 90 valence electrons. The van der Waals surface area contributed by atoms with Crippen LogP contribution in [0.4, 0.5) is 0 Å². The van der Waals surface area contributed by atoms with Gasteiger partial charge in [-0.2, -0.15) is 0 Å². The minimum atomic E-state index is -0.00499. The van der Waals surface area contributed by atoms with Gasteiger partial charge in [-0.05, 0) is 49.1 Å². The fourth-order valence-electron chi connectivity index (χ4n) is 1.84. The number of rotatable bonds is 4. The van der Waals surface area contributed by atoms with Crippen LogP contribution in [0.5, 0.6) is 5.75 Å². The van der Waals surface area contributed by atoms with Crippen LogP contribution in [0.15, 0.2) is 12.1 Å². The van der Waals surface area contributed by atoms with Crippen molar-refractivity contribution in [2.45, 2.75) is 26.8 Å². The largest absolute Gasteiger partial charge is 0.496 e. The predicted octanol–water partition coefficient (Wildman–Crippen LogP) is 1.91. The highest BCUT2D eigenvalue weighted by molar-refractivity contribution is 5.42. The van der Waals surface area contributed by atoms with E-state index in [0.717, 1.165) is 22.4 Å². The van der Waals surface area contributed by atoms with Crippen molar-refractivity contribution in [2.75, 3.05) is 13.7 Å². The van der Waals surface area contributed by atoms with Crippen molar-refractivity contribution in [1.29, 1.82) is 0 Å². The van der Waals surface area contributed by atoms with Crippen LogP contribution in [0.1, 0.15) is 29.7 Å². The quantitative estimate of drug-likeness (QED) is 0.818. The SMILES string of the molecule is COc1cc(C)c(C(N)C(C)CN)cc1C. The van der Waals surface area contributed by atoms with Crippen LogP contribution in [-0.2, 0) is 0 Å². The molecular formula is C13H22N2O. The molecule has 0 fully saturated rings. The molecule has 0 spiro atoms. The third kappa shape index (κ3) is 2.54. The average Bonchev–Trinajstić information content (AvgIpc) is 2.29. The highest BCUT2D eigenvalue weighted by atomic mass is 16.5. The molecule has 0 bridgehead atoms. The average molecular weight is 222 g/mol. The molecule has 3 nitrogen and oxygen atoms in total. The van der Waals surface area contributed by atoms with Gasteiger partial charge in [0.2, 0.25) is 0 Å². The zero-order valence-electron chi connectivity index (χ0n) is 10.6. The zero-order chi connectivity index (χ0) is 12.3. The van der Waals surface area contributed by atoms with Gasteiger partial charge in [-0.15, -0.1) is 0 Å². The molecule has 0 radical (unpaired) electrons. The Morgan fingerprint density at radius 1 is 1.25 bits per heavy atom. The third-order valence-corrected chi connectivity index (χ3v) is 3.13. The van der Waals surface area contributed by atoms with Gasteiger partial charge < -0.3 is 16.2 Å². The first kappa shape index (κ1) is 13.0. The van der Waals surface area contributed by atoms with Crippen LogP contribution >= 0.6 is 0 Å². The van der Waals surface area contributed by atoms with Gasteiger partial charge in [-0.1, -0.05) is 13.0 Å². The summed E-state index contributed by atoms with van der Waals surface area (Å²) in [5.41, 5.74) is 15.3. The van der Waals surface area contributed by atoms with E-state index in [1.807, 2.05) is 13.0 Å². The van der Waals surface area contributed by atoms with Crippen molar-refractivity contribution >= 4 is 0 Å². The van der Waals surface area contributed by atoms with Crippen LogP contribution in [0.2, 0.25) is 0 Å². The Hall–Kier alpha value is -1.06. The number of benzene rings is 1. The standard InChI is InChI=1S/C13H22N2O/c1-8-6-12(16-4)9(2)5-11(8)13(15)10(3)7-14/h5-6,10,13H,7,14-15H2,1-4H3. The lowest BCUT2D eigenvalue weighted by Gasteiger charge is -2.22. The Labute approximate surface area is 97.8 Å². The van der Waals surface area contributed by atoms with Gasteiger partial charge in [0, 0.05) is 6.04 Å². The van der Waals surface area contributed by atoms with E-state index in [4.69, 9.17) is 16.2 Å². The molecule has 0 heterocycles. The fraction of sp³-hybridized carbons (Fsp3) is 0.538. The van der Waals surface area contributed by atoms with Crippen LogP contribution in [-0.4, -0.2) is 13.7 Å². The van der Waals surface area contributed by atoms with E-state index in [1.54, 1.807) is 7.11 Å². The Bertz CT molecular complexity index is 363. The van der Waals surface area contributed by atoms with Gasteiger partial charge in [-0.25, -0.2) is 0 Å². The molecule has 0 saturated carbocycles. The number of nitrogens with two attached hydrogens (primary N) is 2. The summed E-state index contributed by atoms with van der Waals surface area (Å²) in [6.45, 7) is 6.76. The van der Waals surface area contributed by atoms with E-state index < -0.39 is 0 Å². The molecule has 3 heteroatoms. The number of methoxy groups -OCH3 is 1. The minimum Gasteiger partial charge on any atom is -0.496 e. The molecule has 0 aliphatic carbocycles. The molecule has 2 unspecified atom stereocenters. The van der Waals surface area contributed by atoms with E-state index in [2.05, 4.69) is 19.9 Å². The van der Waals surface area contributed by atoms with E-state index in [1.165, 1.54) is 0 Å². The lowest BCUT2D eigenvalue weighted by Crippen LogP contribution is -2.26. The van der Waals surface area contributed by atoms with E-state index in [0.29, 0.717) is 6.54 Å². The van der Waals surface area contributed by atoms with Crippen LogP contribution in [0, 0.1) is 19.8 Å². The molecule has 0 aliphatic heterocycles. The van der Waals surface area contributed by atoms with Gasteiger partial charge in [-0.3, -0.25) is 0 Å². The Balaban J connectivity index is 3.10. The third-order valence-electron chi connectivity index (χ3n) is 3.13. The molecule has 0 saturated heterocycles. The summed E-state index contributed by atoms with van der Waals surface area (Å²) in [6, 6.07) is 4.13. The fourth-order valence-corrected chi connectivity index (χ4v) is 1.84. The maximum atomic E-state index is 6.19. The van der Waals surface area contributed by atoms with Gasteiger partial charge >= 0.3 is 0 Å². The number of hydrogen-bond acceptors (Lipinski definition) is 3. The van der Waals surface area contributed by atoms with Gasteiger partial charge in [0.15, 0.2) is 0 Å². The summed E-state index contributed by atoms with van der Waals surface area (Å²) in [4.78, 5) is 0. The molecule has 0 aliphatic rings. The number of ether oxygens (including phenoxy) is 1. The van der Waals surface area contributed by atoms with Crippen molar-refractivity contribution in [2.24, 2.45) is 17.4 Å². The van der Waals surface area contributed by atoms with Crippen LogP contribution in [0.3, 0.4) is 0 Å². The number of aryl methyl sites for hydroxylation is 2. The highest BCUT2D eigenvalue weighted by Crippen LogP contribution is 2.28. The molecule has 1 aromatic carbocycles. The Morgan fingerprint density at radius 3 is 2.38 bits per heavy atom. The normalized spacial score (nSPS) is 14.6. The van der Waals surface area contributed by atoms with Crippen molar-refractivity contribution < 1.29 is 4.74 Å². The van der Waals surface area contributed by atoms with Gasteiger partial charge in [0.1, 0.15) is 5.75 Å². The van der Waals surface area contributed by atoms with Gasteiger partial charge in [0.05, 0.1) is 7.11 Å². The molecule has 4 N–H and O–H groups in total. The van der Waals surface area contributed by atoms with Gasteiger partial charge in [0.25, 0.3) is 0 Å². The van der Waals surface area contributed by atoms with E-state index in [-0.39, 0.29) is 12.0 Å². The van der Waals surface area contributed by atoms with Crippen molar-refractivity contribution in [3.8, 4) is 5.75 Å². The predicted molar refractivity (Wildman–Crippen MR) is 67.6 cm³/mol. The van der Waals surface area contributed by atoms with Crippen molar-refractivity contribution in [3.63, 3.8) is 0 Å². The smallest absolute Gasteiger partial charge is 0.122 e. The molecule has 0 amide bonds. The Kier molecular flexibility index (Phi) is 4.33. The van der Waals surface area contributed by atoms with Crippen LogP contribution < -0.4 is 16.2 Å². The van der Waals surface area contributed by atoms with E-state index in [9.17, 15) is 0 Å². The summed E-state index contributed by atoms with van der Waals surface area (Å²) in [6.07, 6.45) is 0. The molecule has 2 atom stereocenters.